The molecule has 0 radical (unpaired) electrons. The first-order valence-electron chi connectivity index (χ1n) is 7.71. The van der Waals surface area contributed by atoms with Gasteiger partial charge in [0.05, 0.1) is 19.1 Å². The van der Waals surface area contributed by atoms with Crippen molar-refractivity contribution >= 4 is 33.3 Å². The van der Waals surface area contributed by atoms with Crippen LogP contribution in [0, 0.1) is 0 Å². The molecule has 3 aromatic rings. The number of ether oxygens (including phenoxy) is 2. The van der Waals surface area contributed by atoms with E-state index in [1.54, 1.807) is 17.8 Å². The van der Waals surface area contributed by atoms with Gasteiger partial charge in [-0.1, -0.05) is 17.8 Å². The number of allylic oxidation sites excluding steroid dienone is 1. The van der Waals surface area contributed by atoms with Gasteiger partial charge in [0, 0.05) is 12.3 Å². The van der Waals surface area contributed by atoms with Crippen LogP contribution in [-0.2, 0) is 6.54 Å². The second-order valence-corrected chi connectivity index (χ2v) is 7.07. The molecular weight excluding hydrogens is 356 g/mol. The van der Waals surface area contributed by atoms with Gasteiger partial charge in [0.25, 0.3) is 5.56 Å². The van der Waals surface area contributed by atoms with Crippen LogP contribution in [0.1, 0.15) is 0 Å². The minimum atomic E-state index is -0.0234. The van der Waals surface area contributed by atoms with Gasteiger partial charge in [0.2, 0.25) is 0 Å². The second kappa shape index (κ2) is 8.22. The molecule has 0 saturated carbocycles. The normalized spacial score (nSPS) is 10.8. The van der Waals surface area contributed by atoms with Crippen LogP contribution in [0.3, 0.4) is 0 Å². The Kier molecular flexibility index (Phi) is 5.78. The van der Waals surface area contributed by atoms with Crippen molar-refractivity contribution in [2.24, 2.45) is 0 Å². The topological polar surface area (TPSA) is 53.4 Å². The molecule has 3 rings (SSSR count). The lowest BCUT2D eigenvalue weighted by molar-refractivity contribution is 0.342. The van der Waals surface area contributed by atoms with E-state index in [9.17, 15) is 4.79 Å². The summed E-state index contributed by atoms with van der Waals surface area (Å²) in [4.78, 5) is 17.9. The number of rotatable bonds is 8. The predicted molar refractivity (Wildman–Crippen MR) is 103 cm³/mol. The summed E-state index contributed by atoms with van der Waals surface area (Å²) in [5, 5.41) is 3.24. The third-order valence-corrected chi connectivity index (χ3v) is 5.25. The van der Waals surface area contributed by atoms with E-state index in [1.807, 2.05) is 35.7 Å². The Morgan fingerprint density at radius 3 is 2.76 bits per heavy atom. The molecular formula is C18H18N2O3S2. The van der Waals surface area contributed by atoms with Crippen molar-refractivity contribution in [2.75, 3.05) is 19.5 Å². The summed E-state index contributed by atoms with van der Waals surface area (Å²) in [5.41, 5.74) is -0.0234. The van der Waals surface area contributed by atoms with Gasteiger partial charge in [0.1, 0.15) is 16.3 Å². The SMILES string of the molecule is C=CCn1c(SCCOc2ccc(OC)cc2)nc2sccc2c1=O. The lowest BCUT2D eigenvalue weighted by Crippen LogP contribution is -2.22. The third kappa shape index (κ3) is 4.05. The van der Waals surface area contributed by atoms with Crippen LogP contribution >= 0.6 is 23.1 Å². The van der Waals surface area contributed by atoms with E-state index in [-0.39, 0.29) is 5.56 Å². The molecule has 0 saturated heterocycles. The van der Waals surface area contributed by atoms with Crippen LogP contribution in [0.4, 0.5) is 0 Å². The monoisotopic (exact) mass is 374 g/mol. The first-order valence-corrected chi connectivity index (χ1v) is 9.58. The minimum absolute atomic E-state index is 0.0234. The van der Waals surface area contributed by atoms with Crippen LogP contribution in [0.25, 0.3) is 10.2 Å². The van der Waals surface area contributed by atoms with Gasteiger partial charge in [-0.25, -0.2) is 4.98 Å². The predicted octanol–water partition coefficient (Wildman–Crippen LogP) is 3.82. The van der Waals surface area contributed by atoms with Crippen molar-refractivity contribution in [2.45, 2.75) is 11.7 Å². The maximum absolute atomic E-state index is 12.5. The fourth-order valence-electron chi connectivity index (χ4n) is 2.29. The molecule has 0 N–H and O–H groups in total. The quantitative estimate of drug-likeness (QED) is 0.260. The molecule has 0 aliphatic carbocycles. The smallest absolute Gasteiger partial charge is 0.263 e. The lowest BCUT2D eigenvalue weighted by atomic mass is 10.3. The van der Waals surface area contributed by atoms with Gasteiger partial charge in [-0.15, -0.1) is 17.9 Å². The van der Waals surface area contributed by atoms with Crippen molar-refractivity contribution in [3.63, 3.8) is 0 Å². The number of hydrogen-bond acceptors (Lipinski definition) is 6. The molecule has 0 spiro atoms. The zero-order chi connectivity index (χ0) is 17.6. The van der Waals surface area contributed by atoms with Gasteiger partial charge >= 0.3 is 0 Å². The molecule has 25 heavy (non-hydrogen) atoms. The van der Waals surface area contributed by atoms with Gasteiger partial charge in [0.15, 0.2) is 5.16 Å². The molecule has 2 aromatic heterocycles. The Balaban J connectivity index is 1.66. The van der Waals surface area contributed by atoms with E-state index >= 15 is 0 Å². The largest absolute Gasteiger partial charge is 0.497 e. The van der Waals surface area contributed by atoms with Crippen LogP contribution in [0.2, 0.25) is 0 Å². The van der Waals surface area contributed by atoms with E-state index in [4.69, 9.17) is 9.47 Å². The van der Waals surface area contributed by atoms with Gasteiger partial charge in [-0.05, 0) is 35.7 Å². The molecule has 7 heteroatoms. The Morgan fingerprint density at radius 1 is 1.28 bits per heavy atom. The molecule has 0 atom stereocenters. The van der Waals surface area contributed by atoms with Crippen LogP contribution in [-0.4, -0.2) is 29.0 Å². The number of nitrogens with zero attached hydrogens (tertiary/aromatic N) is 2. The summed E-state index contributed by atoms with van der Waals surface area (Å²) < 4.78 is 12.5. The lowest BCUT2D eigenvalue weighted by Gasteiger charge is -2.10. The summed E-state index contributed by atoms with van der Waals surface area (Å²) in [6.45, 7) is 4.69. The van der Waals surface area contributed by atoms with Gasteiger partial charge in [-0.3, -0.25) is 9.36 Å². The highest BCUT2D eigenvalue weighted by atomic mass is 32.2. The molecule has 0 fully saturated rings. The van der Waals surface area contributed by atoms with Crippen molar-refractivity contribution < 1.29 is 9.47 Å². The summed E-state index contributed by atoms with van der Waals surface area (Å²) >= 11 is 2.98. The Bertz CT molecular complexity index is 916. The fourth-order valence-corrected chi connectivity index (χ4v) is 3.93. The van der Waals surface area contributed by atoms with Crippen LogP contribution < -0.4 is 15.0 Å². The maximum Gasteiger partial charge on any atom is 0.263 e. The molecule has 5 nitrogen and oxygen atoms in total. The third-order valence-electron chi connectivity index (χ3n) is 3.50. The molecule has 130 valence electrons. The molecule has 1 aromatic carbocycles. The zero-order valence-electron chi connectivity index (χ0n) is 13.8. The molecule has 0 unspecified atom stereocenters. The first-order chi connectivity index (χ1) is 12.2. The molecule has 2 heterocycles. The van der Waals surface area contributed by atoms with E-state index in [0.717, 1.165) is 16.3 Å². The number of fused-ring (bicyclic) bond motifs is 1. The van der Waals surface area contributed by atoms with E-state index < -0.39 is 0 Å². The van der Waals surface area contributed by atoms with Crippen LogP contribution in [0.15, 0.2) is 58.3 Å². The van der Waals surface area contributed by atoms with Crippen molar-refractivity contribution in [1.82, 2.24) is 9.55 Å². The Morgan fingerprint density at radius 2 is 2.04 bits per heavy atom. The average Bonchev–Trinajstić information content (AvgIpc) is 3.11. The highest BCUT2D eigenvalue weighted by molar-refractivity contribution is 7.99. The summed E-state index contributed by atoms with van der Waals surface area (Å²) in [5.74, 6) is 2.27. The molecule has 0 amide bonds. The first kappa shape index (κ1) is 17.6. The summed E-state index contributed by atoms with van der Waals surface area (Å²) in [7, 11) is 1.63. The van der Waals surface area contributed by atoms with Gasteiger partial charge < -0.3 is 9.47 Å². The highest BCUT2D eigenvalue weighted by Gasteiger charge is 2.11. The van der Waals surface area contributed by atoms with Crippen molar-refractivity contribution in [3.8, 4) is 11.5 Å². The molecule has 0 aliphatic heterocycles. The number of hydrogen-bond donors (Lipinski definition) is 0. The number of aromatic nitrogens is 2. The number of methoxy groups -OCH3 is 1. The van der Waals surface area contributed by atoms with Crippen molar-refractivity contribution in [3.05, 3.63) is 58.7 Å². The summed E-state index contributed by atoms with van der Waals surface area (Å²) in [6, 6.07) is 9.27. The van der Waals surface area contributed by atoms with Crippen LogP contribution in [0.5, 0.6) is 11.5 Å². The number of benzene rings is 1. The van der Waals surface area contributed by atoms with Gasteiger partial charge in [-0.2, -0.15) is 0 Å². The van der Waals surface area contributed by atoms with E-state index in [1.165, 1.54) is 23.1 Å². The Hall–Kier alpha value is -2.25. The number of thiophene rings is 1. The Labute approximate surface area is 153 Å². The van der Waals surface area contributed by atoms with Crippen molar-refractivity contribution in [1.29, 1.82) is 0 Å². The highest BCUT2D eigenvalue weighted by Crippen LogP contribution is 2.22. The maximum atomic E-state index is 12.5. The summed E-state index contributed by atoms with van der Waals surface area (Å²) in [6.07, 6.45) is 1.71. The molecule has 0 aliphatic rings. The second-order valence-electron chi connectivity index (χ2n) is 5.11. The number of thioether (sulfide) groups is 1. The standard InChI is InChI=1S/C18H18N2O3S2/c1-3-9-20-17(21)15-8-11-24-16(15)19-18(20)25-12-10-23-14-6-4-13(22-2)5-7-14/h3-8,11H,1,9-10,12H2,2H3. The average molecular weight is 374 g/mol. The molecule has 0 bridgehead atoms. The zero-order valence-corrected chi connectivity index (χ0v) is 15.4. The van der Waals surface area contributed by atoms with E-state index in [0.29, 0.717) is 29.4 Å². The fraction of sp³-hybridized carbons (Fsp3) is 0.222. The minimum Gasteiger partial charge on any atom is -0.497 e. The van der Waals surface area contributed by atoms with E-state index in [2.05, 4.69) is 11.6 Å².